The van der Waals surface area contributed by atoms with Crippen LogP contribution in [0.5, 0.6) is 0 Å². The van der Waals surface area contributed by atoms with Crippen LogP contribution in [0.25, 0.3) is 0 Å². The standard InChI is InChI=1S/C3H5Si/c1-2-3-4/h1,3H,4H3. The van der Waals surface area contributed by atoms with Gasteiger partial charge in [-0.25, -0.2) is 0 Å². The first-order valence-corrected chi connectivity index (χ1v) is 2.31. The van der Waals surface area contributed by atoms with Gasteiger partial charge in [-0.2, -0.15) is 0 Å². The number of hydrogen-bond donors (Lipinski definition) is 0. The van der Waals surface area contributed by atoms with Gasteiger partial charge in [0.2, 0.25) is 0 Å². The molecule has 0 N–H and O–H groups in total. The highest BCUT2D eigenvalue weighted by molar-refractivity contribution is 6.16. The molecule has 0 nitrogen and oxygen atoms in total. The van der Waals surface area contributed by atoms with Gasteiger partial charge in [-0.15, -0.1) is 12.3 Å². The Morgan fingerprint density at radius 2 is 2.25 bits per heavy atom. The van der Waals surface area contributed by atoms with Crippen LogP contribution in [0.2, 0.25) is 0 Å². The molecule has 0 aliphatic carbocycles. The van der Waals surface area contributed by atoms with E-state index in [9.17, 15) is 0 Å². The van der Waals surface area contributed by atoms with E-state index in [2.05, 4.69) is 5.92 Å². The molecule has 0 amide bonds. The van der Waals surface area contributed by atoms with Crippen LogP contribution in [0.1, 0.15) is 0 Å². The van der Waals surface area contributed by atoms with Crippen LogP contribution >= 0.6 is 0 Å². The topological polar surface area (TPSA) is 0 Å². The van der Waals surface area contributed by atoms with Gasteiger partial charge in [0.05, 0.1) is 0 Å². The summed E-state index contributed by atoms with van der Waals surface area (Å²) in [5.41, 5.74) is 0. The van der Waals surface area contributed by atoms with Crippen molar-refractivity contribution in [3.05, 3.63) is 6.04 Å². The van der Waals surface area contributed by atoms with E-state index in [1.165, 1.54) is 0 Å². The molecule has 0 fully saturated rings. The molecule has 0 atom stereocenters. The van der Waals surface area contributed by atoms with Crippen molar-refractivity contribution in [1.29, 1.82) is 0 Å². The summed E-state index contributed by atoms with van der Waals surface area (Å²) in [5, 5.41) is 0. The number of terminal acetylenes is 1. The molecule has 0 heterocycles. The molecule has 0 aliphatic rings. The fourth-order valence-corrected chi connectivity index (χ4v) is 0. The minimum Gasteiger partial charge on any atom is -0.120 e. The van der Waals surface area contributed by atoms with Gasteiger partial charge in [0.15, 0.2) is 0 Å². The first-order chi connectivity index (χ1) is 1.91. The van der Waals surface area contributed by atoms with Crippen molar-refractivity contribution in [2.45, 2.75) is 0 Å². The molecule has 0 aromatic rings. The lowest BCUT2D eigenvalue weighted by Crippen LogP contribution is -1.54. The molecule has 0 aromatic carbocycles. The van der Waals surface area contributed by atoms with E-state index < -0.39 is 0 Å². The first kappa shape index (κ1) is 3.78. The lowest BCUT2D eigenvalue weighted by Gasteiger charge is -1.50. The zero-order valence-electron chi connectivity index (χ0n) is 2.65. The van der Waals surface area contributed by atoms with Gasteiger partial charge >= 0.3 is 0 Å². The molecular formula is C3H5Si. The van der Waals surface area contributed by atoms with Crippen LogP contribution in [-0.4, -0.2) is 10.2 Å². The highest BCUT2D eigenvalue weighted by atomic mass is 28.1. The van der Waals surface area contributed by atoms with Crippen molar-refractivity contribution in [1.82, 2.24) is 0 Å². The average molecular weight is 69.2 g/mol. The van der Waals surface area contributed by atoms with Gasteiger partial charge < -0.3 is 0 Å². The van der Waals surface area contributed by atoms with E-state index in [1.807, 2.05) is 0 Å². The van der Waals surface area contributed by atoms with Gasteiger partial charge in [-0.05, 0) is 0 Å². The van der Waals surface area contributed by atoms with E-state index in [4.69, 9.17) is 6.42 Å². The summed E-state index contributed by atoms with van der Waals surface area (Å²) in [6, 6.07) is 1.79. The molecule has 0 bridgehead atoms. The van der Waals surface area contributed by atoms with Crippen molar-refractivity contribution in [2.24, 2.45) is 0 Å². The molecule has 1 heteroatoms. The molecule has 0 aliphatic heterocycles. The van der Waals surface area contributed by atoms with E-state index >= 15 is 0 Å². The number of rotatable bonds is 0. The average Bonchev–Trinajstić information content (AvgIpc) is 1.37. The zero-order chi connectivity index (χ0) is 3.41. The molecule has 0 saturated carbocycles. The van der Waals surface area contributed by atoms with Crippen molar-refractivity contribution in [2.75, 3.05) is 0 Å². The van der Waals surface area contributed by atoms with Crippen molar-refractivity contribution >= 4 is 10.2 Å². The van der Waals surface area contributed by atoms with Crippen molar-refractivity contribution in [3.8, 4) is 12.3 Å². The van der Waals surface area contributed by atoms with E-state index in [-0.39, 0.29) is 0 Å². The minimum atomic E-state index is 1.03. The molecule has 1 radical (unpaired) electrons. The summed E-state index contributed by atoms with van der Waals surface area (Å²) >= 11 is 0. The van der Waals surface area contributed by atoms with Gasteiger partial charge in [-0.1, -0.05) is 0 Å². The second-order valence-corrected chi connectivity index (χ2v) is 1.03. The summed E-state index contributed by atoms with van der Waals surface area (Å²) < 4.78 is 0. The Morgan fingerprint density at radius 3 is 2.25 bits per heavy atom. The Hall–Kier alpha value is -0.223. The predicted molar refractivity (Wildman–Crippen MR) is 23.1 cm³/mol. The number of hydrogen-bond acceptors (Lipinski definition) is 0. The van der Waals surface area contributed by atoms with Crippen molar-refractivity contribution < 1.29 is 0 Å². The second kappa shape index (κ2) is 2.78. The van der Waals surface area contributed by atoms with Gasteiger partial charge in [0.1, 0.15) is 0 Å². The molecule has 4 heavy (non-hydrogen) atoms. The quantitative estimate of drug-likeness (QED) is 0.257. The normalized spacial score (nSPS) is 5.75. The largest absolute Gasteiger partial charge is 0.120 e. The fraction of sp³-hybridized carbons (Fsp3) is 0. The van der Waals surface area contributed by atoms with E-state index in [0.717, 1.165) is 10.2 Å². The van der Waals surface area contributed by atoms with Crippen LogP contribution in [0.3, 0.4) is 0 Å². The monoisotopic (exact) mass is 69.0 g/mol. The maximum atomic E-state index is 4.76. The summed E-state index contributed by atoms with van der Waals surface area (Å²) in [7, 11) is 1.03. The third-order valence-corrected chi connectivity index (χ3v) is 0.500. The Labute approximate surface area is 29.6 Å². The molecular weight excluding hydrogens is 64.1 g/mol. The molecule has 0 spiro atoms. The van der Waals surface area contributed by atoms with Crippen LogP contribution in [-0.2, 0) is 0 Å². The van der Waals surface area contributed by atoms with Crippen LogP contribution in [0.15, 0.2) is 0 Å². The van der Waals surface area contributed by atoms with E-state index in [0.29, 0.717) is 0 Å². The molecule has 0 unspecified atom stereocenters. The van der Waals surface area contributed by atoms with Crippen LogP contribution < -0.4 is 0 Å². The third-order valence-electron chi connectivity index (χ3n) is 0.167. The summed E-state index contributed by atoms with van der Waals surface area (Å²) in [4.78, 5) is 0. The first-order valence-electron chi connectivity index (χ1n) is 1.15. The van der Waals surface area contributed by atoms with Crippen LogP contribution in [0.4, 0.5) is 0 Å². The van der Waals surface area contributed by atoms with Crippen LogP contribution in [0, 0.1) is 18.4 Å². The summed E-state index contributed by atoms with van der Waals surface area (Å²) in [6.07, 6.45) is 4.76. The van der Waals surface area contributed by atoms with Gasteiger partial charge in [-0.3, -0.25) is 0 Å². The Kier molecular flexibility index (Phi) is 2.62. The minimum absolute atomic E-state index is 1.03. The predicted octanol–water partition coefficient (Wildman–Crippen LogP) is -0.853. The molecule has 0 aromatic heterocycles. The molecule has 0 rings (SSSR count). The smallest absolute Gasteiger partial charge is 0.0229 e. The Bertz CT molecular complexity index is 33.0. The second-order valence-electron chi connectivity index (χ2n) is 0.455. The lowest BCUT2D eigenvalue weighted by molar-refractivity contribution is 2.26. The van der Waals surface area contributed by atoms with Gasteiger partial charge in [0.25, 0.3) is 0 Å². The highest BCUT2D eigenvalue weighted by Crippen LogP contribution is 1.45. The highest BCUT2D eigenvalue weighted by Gasteiger charge is 1.46. The summed E-state index contributed by atoms with van der Waals surface area (Å²) in [6.45, 7) is 0. The van der Waals surface area contributed by atoms with E-state index in [1.54, 1.807) is 6.04 Å². The molecule has 0 saturated heterocycles. The maximum absolute atomic E-state index is 4.76. The summed E-state index contributed by atoms with van der Waals surface area (Å²) in [5.74, 6) is 2.37. The zero-order valence-corrected chi connectivity index (χ0v) is 4.65. The Morgan fingerprint density at radius 1 is 2.00 bits per heavy atom. The molecule has 21 valence electrons. The maximum Gasteiger partial charge on any atom is 0.0229 e. The fourth-order valence-electron chi connectivity index (χ4n) is 0. The SMILES string of the molecule is C#C[CH][SiH3]. The Balaban J connectivity index is 2.43. The van der Waals surface area contributed by atoms with Crippen molar-refractivity contribution in [3.63, 3.8) is 0 Å². The third kappa shape index (κ3) is 1.78. The van der Waals surface area contributed by atoms with Gasteiger partial charge in [0, 0.05) is 16.3 Å². The lowest BCUT2D eigenvalue weighted by atomic mass is 10.8.